The van der Waals surface area contributed by atoms with Crippen LogP contribution in [0.25, 0.3) is 11.0 Å². The number of benzene rings is 1. The van der Waals surface area contributed by atoms with Gasteiger partial charge in [-0.25, -0.2) is 18.7 Å². The predicted molar refractivity (Wildman–Crippen MR) is 106 cm³/mol. The molecule has 1 aliphatic rings. The maximum Gasteiger partial charge on any atom is 0.295 e. The van der Waals surface area contributed by atoms with E-state index < -0.39 is 12.2 Å². The monoisotopic (exact) mass is 400 g/mol. The van der Waals surface area contributed by atoms with Gasteiger partial charge in [0, 0.05) is 50.0 Å². The van der Waals surface area contributed by atoms with E-state index in [1.807, 2.05) is 12.1 Å². The van der Waals surface area contributed by atoms with Crippen LogP contribution in [0.3, 0.4) is 0 Å². The van der Waals surface area contributed by atoms with Crippen molar-refractivity contribution in [2.24, 2.45) is 0 Å². The number of alkyl halides is 2. The number of carbonyl (C=O) groups is 1. The van der Waals surface area contributed by atoms with Crippen LogP contribution in [0.2, 0.25) is 0 Å². The molecule has 4 rings (SSSR count). The van der Waals surface area contributed by atoms with Crippen LogP contribution in [-0.2, 0) is 6.54 Å². The van der Waals surface area contributed by atoms with Crippen molar-refractivity contribution in [1.29, 1.82) is 0 Å². The fourth-order valence-corrected chi connectivity index (χ4v) is 3.42. The lowest BCUT2D eigenvalue weighted by Gasteiger charge is -2.34. The van der Waals surface area contributed by atoms with Crippen molar-refractivity contribution in [3.63, 3.8) is 0 Å². The average molecular weight is 400 g/mol. The third-order valence-electron chi connectivity index (χ3n) is 5.08. The zero-order valence-corrected chi connectivity index (χ0v) is 16.0. The van der Waals surface area contributed by atoms with Gasteiger partial charge < -0.3 is 20.1 Å². The van der Waals surface area contributed by atoms with Crippen molar-refractivity contribution in [2.75, 3.05) is 38.1 Å². The number of H-pyrrole nitrogens is 1. The molecule has 0 saturated carbocycles. The first kappa shape index (κ1) is 19.3. The van der Waals surface area contributed by atoms with E-state index in [1.54, 1.807) is 18.3 Å². The van der Waals surface area contributed by atoms with Crippen molar-refractivity contribution < 1.29 is 13.6 Å². The summed E-state index contributed by atoms with van der Waals surface area (Å²) in [7, 11) is 2.09. The summed E-state index contributed by atoms with van der Waals surface area (Å²) in [4.78, 5) is 28.0. The summed E-state index contributed by atoms with van der Waals surface area (Å²) in [5.41, 5.74) is 2.13. The number of piperazine rings is 1. The number of halogens is 2. The fraction of sp³-hybridized carbons (Fsp3) is 0.350. The molecule has 0 spiro atoms. The highest BCUT2D eigenvalue weighted by Crippen LogP contribution is 2.21. The minimum absolute atomic E-state index is 0.284. The van der Waals surface area contributed by atoms with Crippen LogP contribution in [-0.4, -0.2) is 59.0 Å². The number of aromatic amines is 1. The maximum atomic E-state index is 12.8. The number of aromatic nitrogens is 3. The second-order valence-electron chi connectivity index (χ2n) is 7.11. The highest BCUT2D eigenvalue weighted by molar-refractivity contribution is 5.97. The van der Waals surface area contributed by atoms with Crippen molar-refractivity contribution >= 4 is 22.8 Å². The molecule has 1 amide bonds. The highest BCUT2D eigenvalue weighted by atomic mass is 19.3. The van der Waals surface area contributed by atoms with Crippen LogP contribution < -0.4 is 10.2 Å². The minimum atomic E-state index is -2.68. The number of amides is 1. The summed E-state index contributed by atoms with van der Waals surface area (Å²) in [6.07, 6.45) is -0.926. The zero-order chi connectivity index (χ0) is 20.4. The molecule has 3 aromatic rings. The Hall–Kier alpha value is -3.07. The number of anilines is 1. The summed E-state index contributed by atoms with van der Waals surface area (Å²) in [5, 5.41) is 2.90. The Morgan fingerprint density at radius 2 is 2.03 bits per heavy atom. The molecule has 3 heterocycles. The van der Waals surface area contributed by atoms with Crippen LogP contribution >= 0.6 is 0 Å². The lowest BCUT2D eigenvalue weighted by Crippen LogP contribution is -2.45. The molecular weight excluding hydrogens is 378 g/mol. The normalized spacial score (nSPS) is 15.2. The molecule has 152 valence electrons. The smallest absolute Gasteiger partial charge is 0.295 e. The Labute approximate surface area is 166 Å². The number of imidazole rings is 1. The molecule has 2 aromatic heterocycles. The van der Waals surface area contributed by atoms with Crippen LogP contribution in [0, 0.1) is 0 Å². The van der Waals surface area contributed by atoms with Gasteiger partial charge in [0.25, 0.3) is 12.3 Å². The number of carbonyl (C=O) groups excluding carboxylic acids is 1. The van der Waals surface area contributed by atoms with Crippen molar-refractivity contribution in [3.05, 3.63) is 53.5 Å². The highest BCUT2D eigenvalue weighted by Gasteiger charge is 2.19. The van der Waals surface area contributed by atoms with E-state index in [1.165, 1.54) is 6.07 Å². The van der Waals surface area contributed by atoms with Crippen LogP contribution in [0.4, 0.5) is 14.6 Å². The van der Waals surface area contributed by atoms with Gasteiger partial charge >= 0.3 is 0 Å². The quantitative estimate of drug-likeness (QED) is 0.689. The van der Waals surface area contributed by atoms with E-state index in [-0.39, 0.29) is 5.91 Å². The Morgan fingerprint density at radius 3 is 2.79 bits per heavy atom. The number of fused-ring (bicyclic) bond motifs is 1. The topological polar surface area (TPSA) is 77.2 Å². The van der Waals surface area contributed by atoms with Gasteiger partial charge in [0.1, 0.15) is 5.82 Å². The summed E-state index contributed by atoms with van der Waals surface area (Å²) >= 11 is 0. The number of hydrogen-bond donors (Lipinski definition) is 2. The van der Waals surface area contributed by atoms with Gasteiger partial charge in [-0.2, -0.15) is 0 Å². The van der Waals surface area contributed by atoms with E-state index in [9.17, 15) is 13.6 Å². The maximum absolute atomic E-state index is 12.8. The summed E-state index contributed by atoms with van der Waals surface area (Å²) in [6.45, 7) is 4.03. The molecule has 1 aromatic carbocycles. The lowest BCUT2D eigenvalue weighted by atomic mass is 10.1. The molecule has 0 aliphatic carbocycles. The van der Waals surface area contributed by atoms with Gasteiger partial charge in [-0.3, -0.25) is 4.79 Å². The van der Waals surface area contributed by atoms with E-state index in [4.69, 9.17) is 0 Å². The SMILES string of the molecule is CN1CCN(c2ncccc2CNC(=O)c2ccc3nc(C(F)F)[nH]c3c2)CC1. The second-order valence-corrected chi connectivity index (χ2v) is 7.11. The first-order valence-electron chi connectivity index (χ1n) is 9.44. The van der Waals surface area contributed by atoms with Gasteiger partial charge in [0.2, 0.25) is 0 Å². The third kappa shape index (κ3) is 4.19. The molecule has 0 bridgehead atoms. The Kier molecular flexibility index (Phi) is 5.39. The fourth-order valence-electron chi connectivity index (χ4n) is 3.42. The minimum Gasteiger partial charge on any atom is -0.354 e. The van der Waals surface area contributed by atoms with Gasteiger partial charge in [-0.05, 0) is 31.3 Å². The molecule has 7 nitrogen and oxygen atoms in total. The van der Waals surface area contributed by atoms with Crippen LogP contribution in [0.5, 0.6) is 0 Å². The Bertz CT molecular complexity index is 1010. The largest absolute Gasteiger partial charge is 0.354 e. The molecule has 2 N–H and O–H groups in total. The van der Waals surface area contributed by atoms with E-state index in [0.717, 1.165) is 37.6 Å². The van der Waals surface area contributed by atoms with Crippen LogP contribution in [0.15, 0.2) is 36.5 Å². The van der Waals surface area contributed by atoms with Gasteiger partial charge in [-0.1, -0.05) is 6.07 Å². The van der Waals surface area contributed by atoms with E-state index in [0.29, 0.717) is 23.1 Å². The van der Waals surface area contributed by atoms with Crippen LogP contribution in [0.1, 0.15) is 28.2 Å². The van der Waals surface area contributed by atoms with Gasteiger partial charge in [0.05, 0.1) is 11.0 Å². The van der Waals surface area contributed by atoms with Gasteiger partial charge in [-0.15, -0.1) is 0 Å². The molecule has 9 heteroatoms. The molecule has 1 aliphatic heterocycles. The molecule has 29 heavy (non-hydrogen) atoms. The second kappa shape index (κ2) is 8.12. The third-order valence-corrected chi connectivity index (χ3v) is 5.08. The number of pyridine rings is 1. The van der Waals surface area contributed by atoms with Gasteiger partial charge in [0.15, 0.2) is 5.82 Å². The van der Waals surface area contributed by atoms with E-state index in [2.05, 4.69) is 37.1 Å². The number of nitrogens with one attached hydrogen (secondary N) is 2. The van der Waals surface area contributed by atoms with Crippen molar-refractivity contribution in [1.82, 2.24) is 25.2 Å². The predicted octanol–water partition coefficient (Wildman–Crippen LogP) is 2.58. The molecule has 0 radical (unpaired) electrons. The average Bonchev–Trinajstić information content (AvgIpc) is 3.17. The molecule has 0 unspecified atom stereocenters. The number of rotatable bonds is 5. The summed E-state index contributed by atoms with van der Waals surface area (Å²) in [5.74, 6) is 0.199. The van der Waals surface area contributed by atoms with Crippen molar-refractivity contribution in [3.8, 4) is 0 Å². The first-order chi connectivity index (χ1) is 14.0. The zero-order valence-electron chi connectivity index (χ0n) is 16.0. The molecule has 1 saturated heterocycles. The van der Waals surface area contributed by atoms with E-state index >= 15 is 0 Å². The molecule has 1 fully saturated rings. The summed E-state index contributed by atoms with van der Waals surface area (Å²) < 4.78 is 25.6. The Morgan fingerprint density at radius 1 is 1.24 bits per heavy atom. The first-order valence-corrected chi connectivity index (χ1v) is 9.44. The van der Waals surface area contributed by atoms with Crippen molar-refractivity contribution in [2.45, 2.75) is 13.0 Å². The standard InChI is InChI=1S/C20H22F2N6O/c1-27-7-9-28(10-8-27)19-14(3-2-6-23-19)12-24-20(29)13-4-5-15-16(11-13)26-18(25-15)17(21)22/h2-6,11,17H,7-10,12H2,1H3,(H,24,29)(H,25,26). The lowest BCUT2D eigenvalue weighted by molar-refractivity contribution is 0.0951. The molecular formula is C20H22F2N6O. The summed E-state index contributed by atoms with van der Waals surface area (Å²) in [6, 6.07) is 8.48. The number of likely N-dealkylation sites (N-methyl/N-ethyl adjacent to an activating group) is 1. The number of nitrogens with zero attached hydrogens (tertiary/aromatic N) is 4. The molecule has 0 atom stereocenters. The number of hydrogen-bond acceptors (Lipinski definition) is 5. The Balaban J connectivity index is 1.47.